The highest BCUT2D eigenvalue weighted by Crippen LogP contribution is 2.59. The fraction of sp³-hybridized carbons (Fsp3) is 0.409. The highest BCUT2D eigenvalue weighted by Gasteiger charge is 2.57. The summed E-state index contributed by atoms with van der Waals surface area (Å²) in [5.41, 5.74) is 1.32. The minimum Gasteiger partial charge on any atom is -0.410 e. The fourth-order valence-corrected chi connectivity index (χ4v) is 8.65. The molecule has 1 amide bonds. The van der Waals surface area contributed by atoms with Crippen molar-refractivity contribution in [1.29, 1.82) is 0 Å². The second kappa shape index (κ2) is 15.9. The largest absolute Gasteiger partial charge is 0.415 e. The van der Waals surface area contributed by atoms with Crippen LogP contribution in [-0.4, -0.2) is 51.8 Å². The van der Waals surface area contributed by atoms with E-state index in [1.807, 2.05) is 61.5 Å². The van der Waals surface area contributed by atoms with E-state index in [0.29, 0.717) is 62.8 Å². The monoisotopic (exact) mass is 725 g/mol. The molecule has 2 bridgehead atoms. The molecule has 1 saturated carbocycles. The third-order valence-electron chi connectivity index (χ3n) is 11.5. The van der Waals surface area contributed by atoms with Crippen LogP contribution >= 0.6 is 11.6 Å². The Hall–Kier alpha value is -4.04. The topological polar surface area (TPSA) is 87.1 Å². The van der Waals surface area contributed by atoms with Gasteiger partial charge in [0.25, 0.3) is 0 Å². The molecule has 0 spiro atoms. The fourth-order valence-electron chi connectivity index (χ4n) is 8.42. The lowest BCUT2D eigenvalue weighted by molar-refractivity contribution is -0.0790. The molecule has 0 saturated heterocycles. The number of ether oxygens (including phenoxy) is 1. The van der Waals surface area contributed by atoms with Crippen molar-refractivity contribution in [3.05, 3.63) is 124 Å². The van der Waals surface area contributed by atoms with Gasteiger partial charge in [0, 0.05) is 34.5 Å². The van der Waals surface area contributed by atoms with Gasteiger partial charge < -0.3 is 19.8 Å². The Labute approximate surface area is 311 Å². The lowest BCUT2D eigenvalue weighted by Crippen LogP contribution is -2.54. The zero-order valence-electron chi connectivity index (χ0n) is 30.3. The maximum atomic E-state index is 14.9. The van der Waals surface area contributed by atoms with Gasteiger partial charge in [-0.15, -0.1) is 0 Å². The van der Waals surface area contributed by atoms with Crippen molar-refractivity contribution in [3.63, 3.8) is 0 Å². The Balaban J connectivity index is 1.36. The lowest BCUT2D eigenvalue weighted by Gasteiger charge is -2.46. The molecule has 0 aromatic heterocycles. The number of nitrogens with zero attached hydrogens (tertiary/aromatic N) is 1. The van der Waals surface area contributed by atoms with Crippen molar-refractivity contribution in [2.45, 2.75) is 96.2 Å². The third-order valence-corrected chi connectivity index (χ3v) is 11.9. The van der Waals surface area contributed by atoms with Gasteiger partial charge in [-0.2, -0.15) is 0 Å². The normalized spacial score (nSPS) is 23.5. The Morgan fingerprint density at radius 1 is 1.00 bits per heavy atom. The average Bonchev–Trinajstić information content (AvgIpc) is 3.37. The SMILES string of the molecule is CCCN(CC1(O)CCC2c3ccc(cc3C(=O)Cc3c(F)cccc3Cl)CC(O)CCC(C)=CCCC21C)C(=O)Oc1ccc2ccccc2c1. The molecular weight excluding hydrogens is 677 g/mol. The van der Waals surface area contributed by atoms with Crippen LogP contribution in [0.15, 0.2) is 90.5 Å². The molecule has 7 rings (SSSR count). The van der Waals surface area contributed by atoms with Gasteiger partial charge >= 0.3 is 6.09 Å². The number of halogens is 2. The van der Waals surface area contributed by atoms with Gasteiger partial charge in [-0.25, -0.2) is 9.18 Å². The van der Waals surface area contributed by atoms with Gasteiger partial charge in [-0.1, -0.05) is 85.6 Å². The lowest BCUT2D eigenvalue weighted by atomic mass is 9.64. The van der Waals surface area contributed by atoms with E-state index in [9.17, 15) is 24.2 Å². The van der Waals surface area contributed by atoms with Crippen LogP contribution in [0.4, 0.5) is 9.18 Å². The van der Waals surface area contributed by atoms with Gasteiger partial charge in [0.05, 0.1) is 18.2 Å². The van der Waals surface area contributed by atoms with E-state index in [2.05, 4.69) is 19.9 Å². The maximum absolute atomic E-state index is 14.9. The predicted molar refractivity (Wildman–Crippen MR) is 205 cm³/mol. The average molecular weight is 726 g/mol. The van der Waals surface area contributed by atoms with Crippen LogP contribution in [0, 0.1) is 11.2 Å². The molecule has 3 aliphatic carbocycles. The van der Waals surface area contributed by atoms with Crippen molar-refractivity contribution in [2.75, 3.05) is 13.1 Å². The molecule has 4 aromatic rings. The Bertz CT molecular complexity index is 1960. The molecule has 52 heavy (non-hydrogen) atoms. The number of aliphatic hydroxyl groups excluding tert-OH is 1. The summed E-state index contributed by atoms with van der Waals surface area (Å²) in [6, 6.07) is 23.6. The number of fused-ring (bicyclic) bond motifs is 9. The number of allylic oxidation sites excluding steroid dienone is 2. The molecule has 8 heteroatoms. The molecule has 1 fully saturated rings. The van der Waals surface area contributed by atoms with E-state index >= 15 is 0 Å². The van der Waals surface area contributed by atoms with Gasteiger partial charge in [-0.05, 0) is 116 Å². The van der Waals surface area contributed by atoms with Crippen LogP contribution < -0.4 is 4.74 Å². The van der Waals surface area contributed by atoms with Crippen LogP contribution in [-0.2, 0) is 12.8 Å². The molecule has 274 valence electrons. The van der Waals surface area contributed by atoms with Gasteiger partial charge in [0.15, 0.2) is 5.78 Å². The van der Waals surface area contributed by atoms with E-state index in [4.69, 9.17) is 16.3 Å². The molecule has 4 aromatic carbocycles. The first-order valence-corrected chi connectivity index (χ1v) is 18.9. The van der Waals surface area contributed by atoms with E-state index < -0.39 is 29.0 Å². The number of aliphatic hydroxyl groups is 2. The second-order valence-electron chi connectivity index (χ2n) is 15.0. The van der Waals surface area contributed by atoms with Crippen LogP contribution in [0.25, 0.3) is 10.8 Å². The first-order chi connectivity index (χ1) is 24.9. The number of hydrogen-bond donors (Lipinski definition) is 2. The molecule has 3 aliphatic rings. The van der Waals surface area contributed by atoms with Crippen molar-refractivity contribution < 1.29 is 28.9 Å². The molecule has 4 atom stereocenters. The Morgan fingerprint density at radius 3 is 2.56 bits per heavy atom. The summed E-state index contributed by atoms with van der Waals surface area (Å²) in [5, 5.41) is 26.0. The van der Waals surface area contributed by atoms with Crippen molar-refractivity contribution in [1.82, 2.24) is 4.90 Å². The molecule has 0 aliphatic heterocycles. The molecule has 0 heterocycles. The number of ketones is 1. The predicted octanol–water partition coefficient (Wildman–Crippen LogP) is 10.0. The Kier molecular flexibility index (Phi) is 11.5. The number of hydrogen-bond acceptors (Lipinski definition) is 5. The summed E-state index contributed by atoms with van der Waals surface area (Å²) in [6.45, 7) is 6.62. The number of carbonyl (C=O) groups excluding carboxylic acids is 2. The number of carbonyl (C=O) groups is 2. The van der Waals surface area contributed by atoms with Crippen LogP contribution in [0.2, 0.25) is 5.02 Å². The molecule has 4 unspecified atom stereocenters. The van der Waals surface area contributed by atoms with Gasteiger partial charge in [0.1, 0.15) is 11.6 Å². The molecule has 0 radical (unpaired) electrons. The highest BCUT2D eigenvalue weighted by molar-refractivity contribution is 6.31. The van der Waals surface area contributed by atoms with Gasteiger partial charge in [-0.3, -0.25) is 4.79 Å². The summed E-state index contributed by atoms with van der Waals surface area (Å²) in [5.74, 6) is -0.618. The first kappa shape index (κ1) is 37.7. The minimum atomic E-state index is -1.31. The van der Waals surface area contributed by atoms with Crippen molar-refractivity contribution in [2.24, 2.45) is 5.41 Å². The first-order valence-electron chi connectivity index (χ1n) is 18.5. The number of benzene rings is 4. The summed E-state index contributed by atoms with van der Waals surface area (Å²) in [7, 11) is 0. The quantitative estimate of drug-likeness (QED) is 0.140. The van der Waals surface area contributed by atoms with Crippen LogP contribution in [0.3, 0.4) is 0 Å². The van der Waals surface area contributed by atoms with Crippen LogP contribution in [0.5, 0.6) is 5.75 Å². The standard InChI is InChI=1S/C44H49ClFNO5/c1-4-23-47(42(50)52-34-18-16-31-10-5-6-11-32(31)26-34)28-44(51)22-20-38-35-19-15-30(24-33(48)17-14-29(2)9-8-21-43(38,44)3)25-36(35)41(49)27-37-39(45)12-7-13-40(37)46/h5-7,9-13,15-16,18-19,25-26,33,38,48,51H,4,8,14,17,20-24,27-28H2,1-3H3. The number of amides is 1. The van der Waals surface area contributed by atoms with Crippen molar-refractivity contribution >= 4 is 34.2 Å². The van der Waals surface area contributed by atoms with Crippen molar-refractivity contribution in [3.8, 4) is 5.75 Å². The zero-order chi connectivity index (χ0) is 37.0. The zero-order valence-corrected chi connectivity index (χ0v) is 31.1. The van der Waals surface area contributed by atoms with E-state index in [-0.39, 0.29) is 35.3 Å². The summed E-state index contributed by atoms with van der Waals surface area (Å²) in [4.78, 5) is 29.7. The maximum Gasteiger partial charge on any atom is 0.415 e. The van der Waals surface area contributed by atoms with E-state index in [0.717, 1.165) is 28.3 Å². The minimum absolute atomic E-state index is 0.0708. The molecular formula is C44H49ClFNO5. The number of Topliss-reactive ketones (excluding diaryl/α,β-unsaturated/α-hetero) is 1. The summed E-state index contributed by atoms with van der Waals surface area (Å²) < 4.78 is 20.9. The smallest absolute Gasteiger partial charge is 0.410 e. The van der Waals surface area contributed by atoms with E-state index in [1.54, 1.807) is 17.0 Å². The Morgan fingerprint density at radius 2 is 1.79 bits per heavy atom. The summed E-state index contributed by atoms with van der Waals surface area (Å²) in [6.07, 6.45) is 5.50. The second-order valence-corrected chi connectivity index (χ2v) is 15.5. The molecule has 6 nitrogen and oxygen atoms in total. The van der Waals surface area contributed by atoms with Crippen LogP contribution in [0.1, 0.15) is 98.7 Å². The molecule has 2 N–H and O–H groups in total. The van der Waals surface area contributed by atoms with E-state index in [1.165, 1.54) is 17.7 Å². The van der Waals surface area contributed by atoms with Gasteiger partial charge in [0.2, 0.25) is 0 Å². The number of rotatable bonds is 8. The highest BCUT2D eigenvalue weighted by atomic mass is 35.5. The summed E-state index contributed by atoms with van der Waals surface area (Å²) >= 11 is 6.38. The third kappa shape index (κ3) is 7.97.